The SMILES string of the molecule is O=C(N[C@H](CO)c1ccccc1)c1ccccc1Sc1ccc2c(/C=C/c3ccccn3)n[nH]c2c1. The number of carbonyl (C=O) groups excluding carboxylic acids is 1. The number of H-pyrrole nitrogens is 1. The molecule has 5 rings (SSSR count). The zero-order valence-electron chi connectivity index (χ0n) is 19.3. The molecule has 36 heavy (non-hydrogen) atoms. The van der Waals surface area contributed by atoms with Gasteiger partial charge >= 0.3 is 0 Å². The Bertz CT molecular complexity index is 1500. The number of aliphatic hydroxyl groups is 1. The van der Waals surface area contributed by atoms with E-state index in [0.29, 0.717) is 5.56 Å². The van der Waals surface area contributed by atoms with Gasteiger partial charge in [0.25, 0.3) is 5.91 Å². The maximum Gasteiger partial charge on any atom is 0.252 e. The Morgan fingerprint density at radius 2 is 1.78 bits per heavy atom. The van der Waals surface area contributed by atoms with Gasteiger partial charge < -0.3 is 10.4 Å². The van der Waals surface area contributed by atoms with E-state index in [1.807, 2.05) is 97.1 Å². The largest absolute Gasteiger partial charge is 0.394 e. The molecule has 3 aromatic carbocycles. The number of amides is 1. The van der Waals surface area contributed by atoms with Crippen LogP contribution in [0.2, 0.25) is 0 Å². The maximum atomic E-state index is 13.1. The van der Waals surface area contributed by atoms with Crippen molar-refractivity contribution in [2.24, 2.45) is 0 Å². The lowest BCUT2D eigenvalue weighted by Gasteiger charge is -2.18. The average Bonchev–Trinajstić information content (AvgIpc) is 3.34. The minimum absolute atomic E-state index is 0.182. The predicted octanol–water partition coefficient (Wildman–Crippen LogP) is 5.74. The van der Waals surface area contributed by atoms with Crippen molar-refractivity contribution >= 4 is 40.7 Å². The molecule has 0 spiro atoms. The zero-order valence-corrected chi connectivity index (χ0v) is 20.2. The van der Waals surface area contributed by atoms with Crippen LogP contribution in [0.1, 0.15) is 33.4 Å². The van der Waals surface area contributed by atoms with Gasteiger partial charge in [-0.05, 0) is 60.2 Å². The van der Waals surface area contributed by atoms with Crippen LogP contribution in [0.4, 0.5) is 0 Å². The number of aliphatic hydroxyl groups excluding tert-OH is 1. The van der Waals surface area contributed by atoms with Crippen LogP contribution in [0.3, 0.4) is 0 Å². The normalized spacial score (nSPS) is 12.1. The summed E-state index contributed by atoms with van der Waals surface area (Å²) in [6, 6.07) is 28.3. The third-order valence-electron chi connectivity index (χ3n) is 5.71. The maximum absolute atomic E-state index is 13.1. The van der Waals surface area contributed by atoms with Crippen molar-refractivity contribution in [2.45, 2.75) is 15.8 Å². The Balaban J connectivity index is 1.35. The van der Waals surface area contributed by atoms with E-state index >= 15 is 0 Å². The van der Waals surface area contributed by atoms with E-state index in [0.717, 1.165) is 37.6 Å². The fourth-order valence-corrected chi connectivity index (χ4v) is 4.86. The van der Waals surface area contributed by atoms with Crippen molar-refractivity contribution in [1.29, 1.82) is 0 Å². The Morgan fingerprint density at radius 1 is 0.972 bits per heavy atom. The van der Waals surface area contributed by atoms with Gasteiger partial charge in [0.05, 0.1) is 35.1 Å². The van der Waals surface area contributed by atoms with Crippen LogP contribution >= 0.6 is 11.8 Å². The molecule has 7 heteroatoms. The number of benzene rings is 3. The van der Waals surface area contributed by atoms with E-state index < -0.39 is 6.04 Å². The second kappa shape index (κ2) is 11.0. The molecule has 1 atom stereocenters. The summed E-state index contributed by atoms with van der Waals surface area (Å²) in [6.07, 6.45) is 5.63. The lowest BCUT2D eigenvalue weighted by molar-refractivity contribution is 0.0913. The summed E-state index contributed by atoms with van der Waals surface area (Å²) in [5.74, 6) is -0.231. The standard InChI is InChI=1S/C29H24N4O2S/c34-19-27(20-8-2-1-3-9-20)31-29(35)24-11-4-5-12-28(24)36-22-14-15-23-25(32-33-26(23)18-22)16-13-21-10-6-7-17-30-21/h1-18,27,34H,19H2,(H,31,35)(H,32,33)/b16-13+/t27-/m1/s1. The van der Waals surface area contributed by atoms with Crippen LogP contribution in [0.5, 0.6) is 0 Å². The fraction of sp³-hybridized carbons (Fsp3) is 0.0690. The Labute approximate surface area is 213 Å². The number of aromatic amines is 1. The number of hydrogen-bond donors (Lipinski definition) is 3. The minimum Gasteiger partial charge on any atom is -0.394 e. The van der Waals surface area contributed by atoms with Gasteiger partial charge in [-0.2, -0.15) is 5.10 Å². The predicted molar refractivity (Wildman–Crippen MR) is 144 cm³/mol. The molecule has 3 N–H and O–H groups in total. The third kappa shape index (κ3) is 5.38. The molecule has 0 bridgehead atoms. The Kier molecular flexibility index (Phi) is 7.21. The number of carbonyl (C=O) groups is 1. The molecule has 0 radical (unpaired) electrons. The van der Waals surface area contributed by atoms with Crippen molar-refractivity contribution in [3.05, 3.63) is 120 Å². The summed E-state index contributed by atoms with van der Waals surface area (Å²) >= 11 is 1.51. The summed E-state index contributed by atoms with van der Waals surface area (Å²) in [5.41, 5.74) is 4.03. The zero-order chi connectivity index (χ0) is 24.7. The van der Waals surface area contributed by atoms with Gasteiger partial charge in [0.1, 0.15) is 0 Å². The summed E-state index contributed by atoms with van der Waals surface area (Å²) < 4.78 is 0. The third-order valence-corrected chi connectivity index (χ3v) is 6.78. The van der Waals surface area contributed by atoms with Gasteiger partial charge in [0.15, 0.2) is 0 Å². The van der Waals surface area contributed by atoms with Gasteiger partial charge in [-0.25, -0.2) is 0 Å². The smallest absolute Gasteiger partial charge is 0.252 e. The first kappa shape index (κ1) is 23.5. The van der Waals surface area contributed by atoms with Crippen molar-refractivity contribution in [3.8, 4) is 0 Å². The Morgan fingerprint density at radius 3 is 2.58 bits per heavy atom. The van der Waals surface area contributed by atoms with Crippen LogP contribution in [0.15, 0.2) is 107 Å². The number of nitrogens with zero attached hydrogens (tertiary/aromatic N) is 2. The molecule has 0 aliphatic carbocycles. The summed E-state index contributed by atoms with van der Waals surface area (Å²) in [5, 5.41) is 21.3. The highest BCUT2D eigenvalue weighted by atomic mass is 32.2. The molecule has 6 nitrogen and oxygen atoms in total. The highest BCUT2D eigenvalue weighted by Crippen LogP contribution is 2.33. The quantitative estimate of drug-likeness (QED) is 0.257. The number of nitrogens with one attached hydrogen (secondary N) is 2. The fourth-order valence-electron chi connectivity index (χ4n) is 3.88. The van der Waals surface area contributed by atoms with E-state index in [1.165, 1.54) is 11.8 Å². The number of hydrogen-bond acceptors (Lipinski definition) is 5. The molecule has 0 aliphatic rings. The average molecular weight is 493 g/mol. The molecular formula is C29H24N4O2S. The van der Waals surface area contributed by atoms with E-state index in [4.69, 9.17) is 0 Å². The number of pyridine rings is 1. The first-order chi connectivity index (χ1) is 17.7. The summed E-state index contributed by atoms with van der Waals surface area (Å²) in [6.45, 7) is -0.182. The lowest BCUT2D eigenvalue weighted by Crippen LogP contribution is -2.31. The van der Waals surface area contributed by atoms with E-state index in [-0.39, 0.29) is 12.5 Å². The molecule has 2 aromatic heterocycles. The number of rotatable bonds is 8. The van der Waals surface area contributed by atoms with Crippen molar-refractivity contribution in [3.63, 3.8) is 0 Å². The molecule has 0 fully saturated rings. The topological polar surface area (TPSA) is 90.9 Å². The van der Waals surface area contributed by atoms with Gasteiger partial charge in [-0.3, -0.25) is 14.9 Å². The number of aromatic nitrogens is 3. The summed E-state index contributed by atoms with van der Waals surface area (Å²) in [4.78, 5) is 19.3. The second-order valence-corrected chi connectivity index (χ2v) is 9.24. The first-order valence-corrected chi connectivity index (χ1v) is 12.3. The molecule has 178 valence electrons. The van der Waals surface area contributed by atoms with Crippen molar-refractivity contribution < 1.29 is 9.90 Å². The molecule has 0 saturated carbocycles. The van der Waals surface area contributed by atoms with E-state index in [9.17, 15) is 9.90 Å². The van der Waals surface area contributed by atoms with Gasteiger partial charge in [0, 0.05) is 21.4 Å². The lowest BCUT2D eigenvalue weighted by atomic mass is 10.1. The molecule has 0 unspecified atom stereocenters. The molecule has 1 amide bonds. The molecule has 2 heterocycles. The van der Waals surface area contributed by atoms with Gasteiger partial charge in [0.2, 0.25) is 0 Å². The second-order valence-electron chi connectivity index (χ2n) is 8.12. The first-order valence-electron chi connectivity index (χ1n) is 11.5. The highest BCUT2D eigenvalue weighted by molar-refractivity contribution is 7.99. The van der Waals surface area contributed by atoms with E-state index in [2.05, 4.69) is 20.5 Å². The van der Waals surface area contributed by atoms with E-state index in [1.54, 1.807) is 12.3 Å². The molecule has 5 aromatic rings. The molecule has 0 aliphatic heterocycles. The van der Waals surface area contributed by atoms with Gasteiger partial charge in [-0.15, -0.1) is 0 Å². The van der Waals surface area contributed by atoms with Crippen molar-refractivity contribution in [1.82, 2.24) is 20.5 Å². The molecule has 0 saturated heterocycles. The van der Waals surface area contributed by atoms with Crippen LogP contribution in [0.25, 0.3) is 23.1 Å². The van der Waals surface area contributed by atoms with Crippen LogP contribution in [0, 0.1) is 0 Å². The summed E-state index contributed by atoms with van der Waals surface area (Å²) in [7, 11) is 0. The van der Waals surface area contributed by atoms with Crippen LogP contribution in [-0.2, 0) is 0 Å². The number of fused-ring (bicyclic) bond motifs is 1. The van der Waals surface area contributed by atoms with Crippen LogP contribution in [-0.4, -0.2) is 32.8 Å². The van der Waals surface area contributed by atoms with Crippen LogP contribution < -0.4 is 5.32 Å². The minimum atomic E-state index is -0.476. The van der Waals surface area contributed by atoms with Crippen molar-refractivity contribution in [2.75, 3.05) is 6.61 Å². The molecular weight excluding hydrogens is 468 g/mol. The highest BCUT2D eigenvalue weighted by Gasteiger charge is 2.18. The monoisotopic (exact) mass is 492 g/mol. The van der Waals surface area contributed by atoms with Gasteiger partial charge in [-0.1, -0.05) is 60.3 Å². The Hall–Kier alpha value is -4.20.